The molecule has 1 N–H and O–H groups in total. The van der Waals surface area contributed by atoms with E-state index in [9.17, 15) is 0 Å². The third-order valence-electron chi connectivity index (χ3n) is 1.24. The average Bonchev–Trinajstić information content (AvgIpc) is 2.19. The van der Waals surface area contributed by atoms with E-state index in [4.69, 9.17) is 9.84 Å². The van der Waals surface area contributed by atoms with Crippen molar-refractivity contribution in [2.75, 3.05) is 33.0 Å². The summed E-state index contributed by atoms with van der Waals surface area (Å²) in [7, 11) is 0. The van der Waals surface area contributed by atoms with Crippen LogP contribution in [0.3, 0.4) is 0 Å². The molecule has 0 unspecified atom stereocenters. The Kier molecular flexibility index (Phi) is 2.27. The van der Waals surface area contributed by atoms with Crippen molar-refractivity contribution in [1.82, 2.24) is 4.90 Å². The maximum Gasteiger partial charge on any atom is 0.0992 e. The highest BCUT2D eigenvalue weighted by Gasteiger charge is 2.09. The van der Waals surface area contributed by atoms with Gasteiger partial charge in [0.2, 0.25) is 0 Å². The van der Waals surface area contributed by atoms with Crippen molar-refractivity contribution < 1.29 is 9.84 Å². The minimum Gasteiger partial charge on any atom is -0.395 e. The standard InChI is InChI=1S/C5H11NO2/c7-3-1-6-2-4-8-5-6/h7H,1-5H2. The van der Waals surface area contributed by atoms with Crippen LogP contribution >= 0.6 is 0 Å². The fourth-order valence-electron chi connectivity index (χ4n) is 0.770. The molecule has 0 radical (unpaired) electrons. The number of aliphatic hydroxyl groups excluding tert-OH is 1. The second kappa shape index (κ2) is 3.02. The van der Waals surface area contributed by atoms with E-state index in [-0.39, 0.29) is 6.61 Å². The van der Waals surface area contributed by atoms with Gasteiger partial charge in [0.05, 0.1) is 19.9 Å². The van der Waals surface area contributed by atoms with Gasteiger partial charge in [-0.1, -0.05) is 0 Å². The molecule has 3 nitrogen and oxygen atoms in total. The van der Waals surface area contributed by atoms with Crippen LogP contribution in [-0.2, 0) is 4.74 Å². The van der Waals surface area contributed by atoms with Crippen LogP contribution in [0.4, 0.5) is 0 Å². The zero-order valence-electron chi connectivity index (χ0n) is 4.84. The quantitative estimate of drug-likeness (QED) is 0.517. The molecule has 1 aliphatic heterocycles. The smallest absolute Gasteiger partial charge is 0.0992 e. The van der Waals surface area contributed by atoms with Gasteiger partial charge in [-0.3, -0.25) is 4.90 Å². The van der Waals surface area contributed by atoms with Gasteiger partial charge in [0, 0.05) is 13.1 Å². The first-order valence-corrected chi connectivity index (χ1v) is 2.84. The highest BCUT2D eigenvalue weighted by atomic mass is 16.5. The van der Waals surface area contributed by atoms with Crippen LogP contribution in [0.2, 0.25) is 0 Å². The minimum atomic E-state index is 0.239. The lowest BCUT2D eigenvalue weighted by Crippen LogP contribution is -2.23. The number of nitrogens with zero attached hydrogens (tertiary/aromatic N) is 1. The molecule has 1 heterocycles. The summed E-state index contributed by atoms with van der Waals surface area (Å²) in [6, 6.07) is 0. The predicted octanol–water partition coefficient (Wildman–Crippen LogP) is -0.732. The summed E-state index contributed by atoms with van der Waals surface area (Å²) < 4.78 is 5.02. The van der Waals surface area contributed by atoms with Crippen LogP contribution < -0.4 is 0 Å². The van der Waals surface area contributed by atoms with Crippen molar-refractivity contribution in [3.63, 3.8) is 0 Å². The Balaban J connectivity index is 2.06. The van der Waals surface area contributed by atoms with E-state index in [1.165, 1.54) is 0 Å². The Bertz CT molecular complexity index is 61.4. The number of ether oxygens (including phenoxy) is 1. The Morgan fingerprint density at radius 1 is 1.62 bits per heavy atom. The van der Waals surface area contributed by atoms with Crippen molar-refractivity contribution in [3.05, 3.63) is 0 Å². The summed E-state index contributed by atoms with van der Waals surface area (Å²) >= 11 is 0. The molecule has 0 spiro atoms. The number of β-amino-alcohol motifs (C(OH)–C–C–N with tert-alkyl or cyclic N) is 1. The lowest BCUT2D eigenvalue weighted by molar-refractivity contribution is 0.125. The highest BCUT2D eigenvalue weighted by Crippen LogP contribution is 1.95. The van der Waals surface area contributed by atoms with Crippen molar-refractivity contribution >= 4 is 0 Å². The molecular formula is C5H11NO2. The molecule has 3 heteroatoms. The van der Waals surface area contributed by atoms with Crippen LogP contribution in [0.15, 0.2) is 0 Å². The van der Waals surface area contributed by atoms with E-state index in [0.717, 1.165) is 19.7 Å². The Morgan fingerprint density at radius 3 is 3.00 bits per heavy atom. The highest BCUT2D eigenvalue weighted by molar-refractivity contribution is 4.56. The molecule has 1 aliphatic rings. The van der Waals surface area contributed by atoms with Crippen LogP contribution in [0.25, 0.3) is 0 Å². The van der Waals surface area contributed by atoms with Crippen LogP contribution in [-0.4, -0.2) is 43.0 Å². The number of aliphatic hydroxyl groups is 1. The van der Waals surface area contributed by atoms with E-state index in [1.807, 2.05) is 0 Å². The molecule has 0 aromatic carbocycles. The number of hydrogen-bond acceptors (Lipinski definition) is 3. The third kappa shape index (κ3) is 1.43. The summed E-state index contributed by atoms with van der Waals surface area (Å²) in [5.74, 6) is 0. The zero-order chi connectivity index (χ0) is 5.82. The summed E-state index contributed by atoms with van der Waals surface area (Å²) in [6.45, 7) is 3.48. The van der Waals surface area contributed by atoms with E-state index in [1.54, 1.807) is 0 Å². The van der Waals surface area contributed by atoms with Gasteiger partial charge in [0.25, 0.3) is 0 Å². The van der Waals surface area contributed by atoms with Crippen molar-refractivity contribution in [2.45, 2.75) is 0 Å². The fraction of sp³-hybridized carbons (Fsp3) is 1.00. The van der Waals surface area contributed by atoms with Gasteiger partial charge >= 0.3 is 0 Å². The van der Waals surface area contributed by atoms with Gasteiger partial charge in [-0.2, -0.15) is 0 Å². The van der Waals surface area contributed by atoms with Gasteiger partial charge in [0.1, 0.15) is 0 Å². The van der Waals surface area contributed by atoms with Gasteiger partial charge in [-0.15, -0.1) is 0 Å². The average molecular weight is 117 g/mol. The topological polar surface area (TPSA) is 32.7 Å². The van der Waals surface area contributed by atoms with Gasteiger partial charge in [-0.25, -0.2) is 0 Å². The SMILES string of the molecule is OCCN1CCOC1. The van der Waals surface area contributed by atoms with Crippen molar-refractivity contribution in [2.24, 2.45) is 0 Å². The normalized spacial score (nSPS) is 22.1. The molecule has 0 bridgehead atoms. The van der Waals surface area contributed by atoms with E-state index >= 15 is 0 Å². The molecule has 0 aromatic heterocycles. The predicted molar refractivity (Wildman–Crippen MR) is 29.5 cm³/mol. The molecule has 0 saturated carbocycles. The molecule has 1 fully saturated rings. The lowest BCUT2D eigenvalue weighted by atomic mass is 10.6. The summed E-state index contributed by atoms with van der Waals surface area (Å²) in [4.78, 5) is 2.07. The minimum absolute atomic E-state index is 0.239. The van der Waals surface area contributed by atoms with Crippen LogP contribution in [0, 0.1) is 0 Å². The number of hydrogen-bond donors (Lipinski definition) is 1. The van der Waals surface area contributed by atoms with Gasteiger partial charge < -0.3 is 9.84 Å². The summed E-state index contributed by atoms with van der Waals surface area (Å²) in [5.41, 5.74) is 0. The molecule has 0 atom stereocenters. The maximum atomic E-state index is 8.43. The Labute approximate surface area is 48.9 Å². The van der Waals surface area contributed by atoms with E-state index < -0.39 is 0 Å². The van der Waals surface area contributed by atoms with E-state index in [2.05, 4.69) is 4.90 Å². The van der Waals surface area contributed by atoms with Gasteiger partial charge in [0.15, 0.2) is 0 Å². The maximum absolute atomic E-state index is 8.43. The Hall–Kier alpha value is -0.120. The monoisotopic (exact) mass is 117 g/mol. The third-order valence-corrected chi connectivity index (χ3v) is 1.24. The first-order chi connectivity index (χ1) is 3.93. The molecule has 1 rings (SSSR count). The lowest BCUT2D eigenvalue weighted by Gasteiger charge is -2.08. The molecule has 0 aromatic rings. The van der Waals surface area contributed by atoms with Gasteiger partial charge in [-0.05, 0) is 0 Å². The first-order valence-electron chi connectivity index (χ1n) is 2.84. The van der Waals surface area contributed by atoms with Crippen molar-refractivity contribution in [1.29, 1.82) is 0 Å². The molecular weight excluding hydrogens is 106 g/mol. The molecule has 48 valence electrons. The molecule has 0 amide bonds. The zero-order valence-corrected chi connectivity index (χ0v) is 4.84. The Morgan fingerprint density at radius 2 is 2.50 bits per heavy atom. The largest absolute Gasteiger partial charge is 0.395 e. The number of rotatable bonds is 2. The van der Waals surface area contributed by atoms with Crippen molar-refractivity contribution in [3.8, 4) is 0 Å². The second-order valence-corrected chi connectivity index (χ2v) is 1.88. The summed E-state index contributed by atoms with van der Waals surface area (Å²) in [5, 5.41) is 8.43. The molecule has 0 aliphatic carbocycles. The summed E-state index contributed by atoms with van der Waals surface area (Å²) in [6.07, 6.45) is 0. The molecule has 1 saturated heterocycles. The van der Waals surface area contributed by atoms with Crippen LogP contribution in [0.1, 0.15) is 0 Å². The van der Waals surface area contributed by atoms with E-state index in [0.29, 0.717) is 6.73 Å². The van der Waals surface area contributed by atoms with Crippen LogP contribution in [0.5, 0.6) is 0 Å². The first kappa shape index (κ1) is 6.01. The fourth-order valence-corrected chi connectivity index (χ4v) is 0.770. The second-order valence-electron chi connectivity index (χ2n) is 1.88. The molecule has 8 heavy (non-hydrogen) atoms.